The molecule has 0 heterocycles. The van der Waals surface area contributed by atoms with Gasteiger partial charge in [0, 0.05) is 25.6 Å². The number of benzene rings is 2. The molecule has 34 heavy (non-hydrogen) atoms. The van der Waals surface area contributed by atoms with Gasteiger partial charge in [0.2, 0.25) is 0 Å². The maximum absolute atomic E-state index is 12.4. The Balaban J connectivity index is 1.49. The molecule has 2 aromatic rings. The highest BCUT2D eigenvalue weighted by Crippen LogP contribution is 2.44. The van der Waals surface area contributed by atoms with Gasteiger partial charge in [-0.15, -0.1) is 0 Å². The number of ether oxygens (including phenoxy) is 1. The van der Waals surface area contributed by atoms with Crippen LogP contribution in [0.3, 0.4) is 0 Å². The highest BCUT2D eigenvalue weighted by atomic mass is 16.5. The summed E-state index contributed by atoms with van der Waals surface area (Å²) in [7, 11) is 0. The van der Waals surface area contributed by atoms with Crippen LogP contribution in [0.2, 0.25) is 0 Å². The fourth-order valence-corrected chi connectivity index (χ4v) is 4.20. The molecule has 1 amide bonds. The number of hydrogen-bond acceptors (Lipinski definition) is 4. The fourth-order valence-electron chi connectivity index (χ4n) is 4.20. The molecule has 0 fully saturated rings. The predicted octanol–water partition coefficient (Wildman–Crippen LogP) is 3.72. The molecule has 0 saturated carbocycles. The maximum Gasteiger partial charge on any atom is 0.407 e. The minimum atomic E-state index is -1.07. The largest absolute Gasteiger partial charge is 0.480 e. The lowest BCUT2D eigenvalue weighted by molar-refractivity contribution is -0.139. The Morgan fingerprint density at radius 2 is 1.56 bits per heavy atom. The quantitative estimate of drug-likeness (QED) is 0.228. The van der Waals surface area contributed by atoms with Gasteiger partial charge in [-0.25, -0.2) is 9.59 Å². The summed E-state index contributed by atoms with van der Waals surface area (Å²) in [6.45, 7) is 6.28. The molecule has 1 atom stereocenters. The Hall–Kier alpha value is -3.55. The monoisotopic (exact) mass is 466 g/mol. The van der Waals surface area contributed by atoms with Crippen molar-refractivity contribution >= 4 is 18.0 Å². The summed E-state index contributed by atoms with van der Waals surface area (Å²) in [4.78, 5) is 28.5. The van der Waals surface area contributed by atoms with Crippen LogP contribution in [0, 0.1) is 0 Å². The third-order valence-corrected chi connectivity index (χ3v) is 5.79. The summed E-state index contributed by atoms with van der Waals surface area (Å²) in [5, 5.41) is 18.3. The molecule has 2 aromatic carbocycles. The maximum atomic E-state index is 12.4. The van der Waals surface area contributed by atoms with Crippen LogP contribution in [0.4, 0.5) is 4.79 Å². The molecule has 8 nitrogen and oxygen atoms in total. The van der Waals surface area contributed by atoms with Crippen molar-refractivity contribution in [2.45, 2.75) is 45.1 Å². The van der Waals surface area contributed by atoms with Gasteiger partial charge < -0.3 is 25.8 Å². The summed E-state index contributed by atoms with van der Waals surface area (Å²) in [5.74, 6) is -0.392. The minimum absolute atomic E-state index is 0.0676. The average Bonchev–Trinajstić information content (AvgIpc) is 3.15. The number of carboxylic acids is 1. The second kappa shape index (κ2) is 12.6. The summed E-state index contributed by atoms with van der Waals surface area (Å²) in [5.41, 5.74) is 4.51. The number of unbranched alkanes of at least 4 members (excludes halogenated alkanes) is 1. The van der Waals surface area contributed by atoms with Crippen LogP contribution in [0.25, 0.3) is 11.1 Å². The van der Waals surface area contributed by atoms with E-state index in [0.717, 1.165) is 47.7 Å². The van der Waals surface area contributed by atoms with Gasteiger partial charge >= 0.3 is 12.1 Å². The zero-order chi connectivity index (χ0) is 24.3. The molecule has 1 aliphatic rings. The van der Waals surface area contributed by atoms with E-state index in [4.69, 9.17) is 4.74 Å². The normalized spacial score (nSPS) is 12.8. The van der Waals surface area contributed by atoms with Gasteiger partial charge in [0.1, 0.15) is 12.6 Å². The first-order valence-corrected chi connectivity index (χ1v) is 11.9. The van der Waals surface area contributed by atoms with E-state index in [2.05, 4.69) is 33.1 Å². The fraction of sp³-hybridized carbons (Fsp3) is 0.423. The number of nitrogens with one attached hydrogen (secondary N) is 3. The summed E-state index contributed by atoms with van der Waals surface area (Å²) >= 11 is 0. The molecular weight excluding hydrogens is 432 g/mol. The van der Waals surface area contributed by atoms with Crippen molar-refractivity contribution in [1.29, 1.82) is 0 Å². The van der Waals surface area contributed by atoms with Gasteiger partial charge in [-0.3, -0.25) is 4.99 Å². The SMILES string of the molecule is CCNC(=NCCCC[C@@H](NC(=O)OCC1c2ccccc2-c2ccccc21)C(=O)O)NCC. The Morgan fingerprint density at radius 3 is 2.12 bits per heavy atom. The third-order valence-electron chi connectivity index (χ3n) is 5.79. The van der Waals surface area contributed by atoms with Crippen molar-refractivity contribution in [1.82, 2.24) is 16.0 Å². The zero-order valence-electron chi connectivity index (χ0n) is 19.8. The van der Waals surface area contributed by atoms with E-state index in [9.17, 15) is 14.7 Å². The number of rotatable bonds is 11. The van der Waals surface area contributed by atoms with Gasteiger partial charge in [0.25, 0.3) is 0 Å². The number of carbonyl (C=O) groups is 2. The molecule has 0 radical (unpaired) electrons. The Bertz CT molecular complexity index is 954. The molecule has 0 aliphatic heterocycles. The van der Waals surface area contributed by atoms with Crippen LogP contribution in [-0.4, -0.2) is 55.4 Å². The molecule has 0 spiro atoms. The van der Waals surface area contributed by atoms with Crippen LogP contribution in [0.5, 0.6) is 0 Å². The Morgan fingerprint density at radius 1 is 0.971 bits per heavy atom. The molecule has 0 saturated heterocycles. The minimum Gasteiger partial charge on any atom is -0.480 e. The van der Waals surface area contributed by atoms with E-state index in [1.54, 1.807) is 0 Å². The third kappa shape index (κ3) is 6.50. The van der Waals surface area contributed by atoms with E-state index in [1.165, 1.54) is 0 Å². The van der Waals surface area contributed by atoms with Crippen molar-refractivity contribution < 1.29 is 19.4 Å². The van der Waals surface area contributed by atoms with Gasteiger partial charge in [-0.2, -0.15) is 0 Å². The van der Waals surface area contributed by atoms with Crippen molar-refractivity contribution in [3.63, 3.8) is 0 Å². The number of amides is 1. The molecule has 3 rings (SSSR count). The lowest BCUT2D eigenvalue weighted by Crippen LogP contribution is -2.41. The first-order valence-electron chi connectivity index (χ1n) is 11.9. The number of carbonyl (C=O) groups excluding carboxylic acids is 1. The smallest absolute Gasteiger partial charge is 0.407 e. The molecule has 0 unspecified atom stereocenters. The van der Waals surface area contributed by atoms with Gasteiger partial charge in [-0.05, 0) is 55.4 Å². The van der Waals surface area contributed by atoms with Crippen LogP contribution in [0.15, 0.2) is 53.5 Å². The van der Waals surface area contributed by atoms with E-state index in [1.807, 2.05) is 50.2 Å². The van der Waals surface area contributed by atoms with Crippen LogP contribution in [-0.2, 0) is 9.53 Å². The van der Waals surface area contributed by atoms with Crippen molar-refractivity contribution in [3.05, 3.63) is 59.7 Å². The summed E-state index contributed by atoms with van der Waals surface area (Å²) < 4.78 is 5.48. The Kier molecular flexibility index (Phi) is 9.31. The van der Waals surface area contributed by atoms with E-state index < -0.39 is 18.1 Å². The highest BCUT2D eigenvalue weighted by molar-refractivity contribution is 5.81. The molecule has 0 aromatic heterocycles. The number of hydrogen-bond donors (Lipinski definition) is 4. The van der Waals surface area contributed by atoms with Gasteiger partial charge in [-0.1, -0.05) is 48.5 Å². The van der Waals surface area contributed by atoms with Crippen molar-refractivity contribution in [3.8, 4) is 11.1 Å². The summed E-state index contributed by atoms with van der Waals surface area (Å²) in [6.07, 6.45) is 0.938. The molecule has 8 heteroatoms. The number of alkyl carbamates (subject to hydrolysis) is 1. The Labute approximate surface area is 200 Å². The molecular formula is C26H34N4O4. The number of carboxylic acid groups (broad SMARTS) is 1. The molecule has 0 bridgehead atoms. The average molecular weight is 467 g/mol. The number of nitrogens with zero attached hydrogens (tertiary/aromatic N) is 1. The second-order valence-electron chi connectivity index (χ2n) is 8.15. The molecule has 1 aliphatic carbocycles. The first-order chi connectivity index (χ1) is 16.5. The number of fused-ring (bicyclic) bond motifs is 3. The number of aliphatic imine (C=N–C) groups is 1. The van der Waals surface area contributed by atoms with E-state index >= 15 is 0 Å². The van der Waals surface area contributed by atoms with E-state index in [-0.39, 0.29) is 12.5 Å². The van der Waals surface area contributed by atoms with Crippen molar-refractivity contribution in [2.24, 2.45) is 4.99 Å². The summed E-state index contributed by atoms with van der Waals surface area (Å²) in [6, 6.07) is 15.2. The van der Waals surface area contributed by atoms with Crippen LogP contribution >= 0.6 is 0 Å². The van der Waals surface area contributed by atoms with Gasteiger partial charge in [0.05, 0.1) is 0 Å². The standard InChI is InChI=1S/C26H34N4O4/c1-3-27-25(28-4-2)29-16-10-9-15-23(24(31)32)30-26(33)34-17-22-20-13-7-5-11-18(20)19-12-6-8-14-21(19)22/h5-8,11-14,22-23H,3-4,9-10,15-17H2,1-2H3,(H,30,33)(H,31,32)(H2,27,28,29)/t23-/m1/s1. The molecule has 182 valence electrons. The first kappa shape index (κ1) is 25.1. The topological polar surface area (TPSA) is 112 Å². The predicted molar refractivity (Wildman–Crippen MR) is 133 cm³/mol. The van der Waals surface area contributed by atoms with Crippen molar-refractivity contribution in [2.75, 3.05) is 26.2 Å². The van der Waals surface area contributed by atoms with Crippen LogP contribution < -0.4 is 16.0 Å². The number of aliphatic carboxylic acids is 1. The van der Waals surface area contributed by atoms with E-state index in [0.29, 0.717) is 19.4 Å². The zero-order valence-corrected chi connectivity index (χ0v) is 19.8. The second-order valence-corrected chi connectivity index (χ2v) is 8.15. The molecule has 4 N–H and O–H groups in total. The lowest BCUT2D eigenvalue weighted by atomic mass is 9.98. The highest BCUT2D eigenvalue weighted by Gasteiger charge is 2.29. The van der Waals surface area contributed by atoms with Gasteiger partial charge in [0.15, 0.2) is 5.96 Å². The lowest BCUT2D eigenvalue weighted by Gasteiger charge is -2.17. The van der Waals surface area contributed by atoms with Crippen LogP contribution in [0.1, 0.15) is 50.2 Å². The number of guanidine groups is 1.